The number of anilines is 1. The number of halogens is 1. The van der Waals surface area contributed by atoms with Gasteiger partial charge in [0.15, 0.2) is 0 Å². The van der Waals surface area contributed by atoms with E-state index in [1.54, 1.807) is 6.07 Å². The molecule has 0 radical (unpaired) electrons. The van der Waals surface area contributed by atoms with Crippen molar-refractivity contribution in [3.8, 4) is 0 Å². The van der Waals surface area contributed by atoms with Gasteiger partial charge in [0.1, 0.15) is 5.82 Å². The molecule has 1 aromatic carbocycles. The molecular formula is C12H16FNO2. The number of hydrogen-bond acceptors (Lipinski definition) is 3. The first kappa shape index (κ1) is 11.4. The fraction of sp³-hybridized carbons (Fsp3) is 0.500. The van der Waals surface area contributed by atoms with Gasteiger partial charge in [-0.15, -0.1) is 0 Å². The molecule has 1 saturated carbocycles. The summed E-state index contributed by atoms with van der Waals surface area (Å²) in [6.45, 7) is 0. The third-order valence-electron chi connectivity index (χ3n) is 3.21. The van der Waals surface area contributed by atoms with Crippen LogP contribution in [0.3, 0.4) is 0 Å². The Labute approximate surface area is 93.7 Å². The van der Waals surface area contributed by atoms with Crippen molar-refractivity contribution in [2.45, 2.75) is 31.5 Å². The molecular weight excluding hydrogens is 209 g/mol. The van der Waals surface area contributed by atoms with E-state index in [-0.39, 0.29) is 11.7 Å². The van der Waals surface area contributed by atoms with Crippen LogP contribution in [0.5, 0.6) is 0 Å². The Kier molecular flexibility index (Phi) is 3.12. The van der Waals surface area contributed by atoms with Crippen molar-refractivity contribution in [1.29, 1.82) is 0 Å². The van der Waals surface area contributed by atoms with Crippen LogP contribution < -0.4 is 5.73 Å². The summed E-state index contributed by atoms with van der Waals surface area (Å²) in [6, 6.07) is 4.30. The van der Waals surface area contributed by atoms with E-state index in [4.69, 9.17) is 5.73 Å². The van der Waals surface area contributed by atoms with Crippen LogP contribution in [0.4, 0.5) is 10.1 Å². The van der Waals surface area contributed by atoms with Gasteiger partial charge in [-0.25, -0.2) is 4.39 Å². The number of hydrogen-bond donors (Lipinski definition) is 3. The zero-order valence-electron chi connectivity index (χ0n) is 8.94. The lowest BCUT2D eigenvalue weighted by Gasteiger charge is -2.11. The summed E-state index contributed by atoms with van der Waals surface area (Å²) in [5, 5.41) is 18.8. The van der Waals surface area contributed by atoms with Crippen LogP contribution in [0.1, 0.15) is 18.4 Å². The number of nitrogen functional groups attached to an aromatic ring is 1. The van der Waals surface area contributed by atoms with E-state index in [0.717, 1.165) is 5.56 Å². The SMILES string of the molecule is Nc1ccc(F)cc1CC1C[C@@H](O)[C@H](O)C1. The number of aliphatic hydroxyl groups is 2. The van der Waals surface area contributed by atoms with Gasteiger partial charge < -0.3 is 15.9 Å². The molecule has 16 heavy (non-hydrogen) atoms. The highest BCUT2D eigenvalue weighted by Crippen LogP contribution is 2.30. The molecule has 0 spiro atoms. The summed E-state index contributed by atoms with van der Waals surface area (Å²) in [6.07, 6.45) is 0.408. The normalized spacial score (nSPS) is 26.2. The van der Waals surface area contributed by atoms with E-state index in [9.17, 15) is 14.6 Å². The maximum absolute atomic E-state index is 13.0. The van der Waals surface area contributed by atoms with Gasteiger partial charge in [0.05, 0.1) is 12.2 Å². The van der Waals surface area contributed by atoms with Crippen molar-refractivity contribution in [3.05, 3.63) is 29.6 Å². The molecule has 0 unspecified atom stereocenters. The predicted octanol–water partition coefficient (Wildman–Crippen LogP) is 1.08. The lowest BCUT2D eigenvalue weighted by molar-refractivity contribution is 0.0438. The van der Waals surface area contributed by atoms with Crippen molar-refractivity contribution in [1.82, 2.24) is 0 Å². The lowest BCUT2D eigenvalue weighted by Crippen LogP contribution is -2.17. The van der Waals surface area contributed by atoms with Crippen LogP contribution in [0, 0.1) is 11.7 Å². The number of aliphatic hydroxyl groups excluding tert-OH is 2. The smallest absolute Gasteiger partial charge is 0.123 e. The molecule has 1 aromatic rings. The van der Waals surface area contributed by atoms with Crippen LogP contribution in [0.25, 0.3) is 0 Å². The highest BCUT2D eigenvalue weighted by molar-refractivity contribution is 5.47. The molecule has 4 N–H and O–H groups in total. The molecule has 0 amide bonds. The van der Waals surface area contributed by atoms with Crippen molar-refractivity contribution < 1.29 is 14.6 Å². The average Bonchev–Trinajstić information content (AvgIpc) is 2.52. The first-order valence-electron chi connectivity index (χ1n) is 5.46. The second-order valence-corrected chi connectivity index (χ2v) is 4.52. The Morgan fingerprint density at radius 2 is 1.88 bits per heavy atom. The van der Waals surface area contributed by atoms with Crippen LogP contribution in [0.15, 0.2) is 18.2 Å². The Bertz CT molecular complexity index is 373. The quantitative estimate of drug-likeness (QED) is 0.660. The minimum Gasteiger partial charge on any atom is -0.399 e. The third kappa shape index (κ3) is 2.33. The largest absolute Gasteiger partial charge is 0.399 e. The molecule has 0 saturated heterocycles. The topological polar surface area (TPSA) is 66.5 Å². The molecule has 0 heterocycles. The zero-order valence-corrected chi connectivity index (χ0v) is 8.94. The summed E-state index contributed by atoms with van der Waals surface area (Å²) >= 11 is 0. The van der Waals surface area contributed by atoms with Gasteiger partial charge in [0.2, 0.25) is 0 Å². The zero-order chi connectivity index (χ0) is 11.7. The van der Waals surface area contributed by atoms with Crippen LogP contribution >= 0.6 is 0 Å². The summed E-state index contributed by atoms with van der Waals surface area (Å²) in [5.41, 5.74) is 7.07. The Morgan fingerprint density at radius 3 is 2.50 bits per heavy atom. The summed E-state index contributed by atoms with van der Waals surface area (Å²) < 4.78 is 13.0. The summed E-state index contributed by atoms with van der Waals surface area (Å²) in [5.74, 6) is -0.127. The van der Waals surface area contributed by atoms with Crippen molar-refractivity contribution in [2.24, 2.45) is 5.92 Å². The van der Waals surface area contributed by atoms with Gasteiger partial charge in [0.25, 0.3) is 0 Å². The molecule has 1 aliphatic rings. The van der Waals surface area contributed by atoms with Gasteiger partial charge in [-0.1, -0.05) is 0 Å². The molecule has 0 bridgehead atoms. The maximum Gasteiger partial charge on any atom is 0.123 e. The molecule has 1 fully saturated rings. The number of rotatable bonds is 2. The van der Waals surface area contributed by atoms with E-state index in [2.05, 4.69) is 0 Å². The monoisotopic (exact) mass is 225 g/mol. The molecule has 4 heteroatoms. The average molecular weight is 225 g/mol. The molecule has 3 nitrogen and oxygen atoms in total. The Hall–Kier alpha value is -1.13. The van der Waals surface area contributed by atoms with Gasteiger partial charge in [-0.2, -0.15) is 0 Å². The van der Waals surface area contributed by atoms with Crippen LogP contribution in [-0.2, 0) is 6.42 Å². The first-order chi connectivity index (χ1) is 7.56. The molecule has 2 atom stereocenters. The summed E-state index contributed by atoms with van der Waals surface area (Å²) in [4.78, 5) is 0. The standard InChI is InChI=1S/C12H16FNO2/c13-9-1-2-10(14)8(6-9)3-7-4-11(15)12(16)5-7/h1-2,6-7,11-12,15-16H,3-5,14H2/t11-,12-/m1/s1. The second kappa shape index (κ2) is 4.39. The fourth-order valence-corrected chi connectivity index (χ4v) is 2.32. The van der Waals surface area contributed by atoms with E-state index >= 15 is 0 Å². The van der Waals surface area contributed by atoms with Crippen LogP contribution in [0.2, 0.25) is 0 Å². The van der Waals surface area contributed by atoms with Crippen LogP contribution in [-0.4, -0.2) is 22.4 Å². The van der Waals surface area contributed by atoms with Gasteiger partial charge in [-0.3, -0.25) is 0 Å². The van der Waals surface area contributed by atoms with Gasteiger partial charge in [0, 0.05) is 5.69 Å². The minimum absolute atomic E-state index is 0.175. The first-order valence-corrected chi connectivity index (χ1v) is 5.46. The van der Waals surface area contributed by atoms with E-state index in [1.165, 1.54) is 12.1 Å². The molecule has 2 rings (SSSR count). The highest BCUT2D eigenvalue weighted by atomic mass is 19.1. The Morgan fingerprint density at radius 1 is 1.25 bits per heavy atom. The molecule has 0 aromatic heterocycles. The third-order valence-corrected chi connectivity index (χ3v) is 3.21. The lowest BCUT2D eigenvalue weighted by atomic mass is 9.96. The van der Waals surface area contributed by atoms with Gasteiger partial charge >= 0.3 is 0 Å². The molecule has 88 valence electrons. The number of nitrogens with two attached hydrogens (primary N) is 1. The predicted molar refractivity (Wildman–Crippen MR) is 59.3 cm³/mol. The number of benzene rings is 1. The van der Waals surface area contributed by atoms with Gasteiger partial charge in [-0.05, 0) is 48.9 Å². The van der Waals surface area contributed by atoms with Crippen molar-refractivity contribution in [3.63, 3.8) is 0 Å². The fourth-order valence-electron chi connectivity index (χ4n) is 2.32. The maximum atomic E-state index is 13.0. The Balaban J connectivity index is 2.07. The minimum atomic E-state index is -0.653. The van der Waals surface area contributed by atoms with E-state index in [0.29, 0.717) is 24.9 Å². The molecule has 0 aliphatic heterocycles. The van der Waals surface area contributed by atoms with E-state index < -0.39 is 12.2 Å². The van der Waals surface area contributed by atoms with E-state index in [1.807, 2.05) is 0 Å². The molecule has 1 aliphatic carbocycles. The second-order valence-electron chi connectivity index (χ2n) is 4.52. The van der Waals surface area contributed by atoms with Crippen molar-refractivity contribution >= 4 is 5.69 Å². The summed E-state index contributed by atoms with van der Waals surface area (Å²) in [7, 11) is 0. The van der Waals surface area contributed by atoms with Crippen molar-refractivity contribution in [2.75, 3.05) is 5.73 Å². The highest BCUT2D eigenvalue weighted by Gasteiger charge is 2.31.